The van der Waals surface area contributed by atoms with E-state index >= 15 is 0 Å². The number of rotatable bonds is 7. The molecule has 1 fully saturated rings. The van der Waals surface area contributed by atoms with E-state index in [1.54, 1.807) is 25.3 Å². The van der Waals surface area contributed by atoms with Crippen LogP contribution in [0.15, 0.2) is 36.9 Å². The Morgan fingerprint density at radius 2 is 2.00 bits per heavy atom. The molecule has 0 spiro atoms. The maximum Gasteiger partial charge on any atom is 0.407 e. The van der Waals surface area contributed by atoms with E-state index in [1.807, 2.05) is 57.7 Å². The number of carbonyl (C=O) groups excluding carboxylic acids is 2. The molecule has 0 radical (unpaired) electrons. The van der Waals surface area contributed by atoms with Crippen LogP contribution in [-0.2, 0) is 9.53 Å². The lowest BCUT2D eigenvalue weighted by Crippen LogP contribution is -2.57. The molecular formula is C25H36N2O5. The SMILES string of the molecule is C=CCOc1ccc(/C=C/C(=O)N2CCC(NC(=O)OC(C)(C)C)C(C)(C)C2)cc1OC. The molecule has 2 rings (SSSR count). The summed E-state index contributed by atoms with van der Waals surface area (Å²) in [4.78, 5) is 26.8. The highest BCUT2D eigenvalue weighted by Gasteiger charge is 2.38. The number of nitrogens with one attached hydrogen (secondary N) is 1. The number of piperidine rings is 1. The summed E-state index contributed by atoms with van der Waals surface area (Å²) in [5.41, 5.74) is 0.00211. The van der Waals surface area contributed by atoms with E-state index in [2.05, 4.69) is 11.9 Å². The van der Waals surface area contributed by atoms with Crippen molar-refractivity contribution in [3.05, 3.63) is 42.5 Å². The first-order chi connectivity index (χ1) is 14.9. The van der Waals surface area contributed by atoms with Gasteiger partial charge < -0.3 is 24.4 Å². The van der Waals surface area contributed by atoms with Crippen LogP contribution in [0.3, 0.4) is 0 Å². The number of hydrogen-bond acceptors (Lipinski definition) is 5. The minimum absolute atomic E-state index is 0.0697. The van der Waals surface area contributed by atoms with Gasteiger partial charge in [-0.1, -0.05) is 32.6 Å². The van der Waals surface area contributed by atoms with E-state index in [4.69, 9.17) is 14.2 Å². The summed E-state index contributed by atoms with van der Waals surface area (Å²) in [5, 5.41) is 2.97. The average Bonchev–Trinajstić information content (AvgIpc) is 2.70. The molecule has 0 saturated carbocycles. The van der Waals surface area contributed by atoms with Crippen molar-refractivity contribution < 1.29 is 23.8 Å². The predicted octanol–water partition coefficient (Wildman–Crippen LogP) is 4.43. The van der Waals surface area contributed by atoms with Crippen LogP contribution in [0, 0.1) is 5.41 Å². The van der Waals surface area contributed by atoms with Gasteiger partial charge in [-0.3, -0.25) is 4.79 Å². The molecule has 32 heavy (non-hydrogen) atoms. The topological polar surface area (TPSA) is 77.1 Å². The monoisotopic (exact) mass is 444 g/mol. The van der Waals surface area contributed by atoms with Crippen molar-refractivity contribution >= 4 is 18.1 Å². The molecule has 176 valence electrons. The average molecular weight is 445 g/mol. The van der Waals surface area contributed by atoms with Crippen LogP contribution in [0.4, 0.5) is 4.79 Å². The highest BCUT2D eigenvalue weighted by Crippen LogP contribution is 2.31. The Labute approximate surface area is 191 Å². The van der Waals surface area contributed by atoms with Gasteiger partial charge in [0.05, 0.1) is 7.11 Å². The van der Waals surface area contributed by atoms with Gasteiger partial charge in [-0.05, 0) is 51.0 Å². The maximum absolute atomic E-state index is 12.8. The molecule has 1 aromatic rings. The Morgan fingerprint density at radius 1 is 1.28 bits per heavy atom. The highest BCUT2D eigenvalue weighted by molar-refractivity contribution is 5.92. The second kappa shape index (κ2) is 10.6. The Kier molecular flexibility index (Phi) is 8.36. The second-order valence-electron chi connectivity index (χ2n) is 9.58. The van der Waals surface area contributed by atoms with Gasteiger partial charge in [0.1, 0.15) is 12.2 Å². The summed E-state index contributed by atoms with van der Waals surface area (Å²) >= 11 is 0. The van der Waals surface area contributed by atoms with Gasteiger partial charge in [0.2, 0.25) is 5.91 Å². The highest BCUT2D eigenvalue weighted by atomic mass is 16.6. The standard InChI is InChI=1S/C25H36N2O5/c1-8-15-31-19-11-9-18(16-20(19)30-7)10-12-22(28)27-14-13-21(25(5,6)17-27)26-23(29)32-24(2,3)4/h8-12,16,21H,1,13-15,17H2,2-7H3,(H,26,29)/b12-10+. The van der Waals surface area contributed by atoms with Gasteiger partial charge in [-0.2, -0.15) is 0 Å². The zero-order chi connectivity index (χ0) is 23.9. The van der Waals surface area contributed by atoms with E-state index in [9.17, 15) is 9.59 Å². The predicted molar refractivity (Wildman–Crippen MR) is 126 cm³/mol. The Morgan fingerprint density at radius 3 is 2.59 bits per heavy atom. The van der Waals surface area contributed by atoms with E-state index < -0.39 is 11.7 Å². The molecule has 1 aromatic carbocycles. The first-order valence-electron chi connectivity index (χ1n) is 10.8. The van der Waals surface area contributed by atoms with Gasteiger partial charge in [-0.25, -0.2) is 4.79 Å². The number of nitrogens with zero attached hydrogens (tertiary/aromatic N) is 1. The van der Waals surface area contributed by atoms with Crippen LogP contribution < -0.4 is 14.8 Å². The van der Waals surface area contributed by atoms with Crippen molar-refractivity contribution in [1.82, 2.24) is 10.2 Å². The molecule has 0 aromatic heterocycles. The van der Waals surface area contributed by atoms with Crippen molar-refractivity contribution in [1.29, 1.82) is 0 Å². The third-order valence-corrected chi connectivity index (χ3v) is 5.19. The number of methoxy groups -OCH3 is 1. The number of benzene rings is 1. The molecule has 7 nitrogen and oxygen atoms in total. The van der Waals surface area contributed by atoms with Crippen LogP contribution in [0.1, 0.15) is 46.6 Å². The van der Waals surface area contributed by atoms with Gasteiger partial charge in [0.25, 0.3) is 0 Å². The van der Waals surface area contributed by atoms with Gasteiger partial charge >= 0.3 is 6.09 Å². The lowest BCUT2D eigenvalue weighted by Gasteiger charge is -2.44. The van der Waals surface area contributed by atoms with E-state index in [0.29, 0.717) is 37.6 Å². The molecule has 1 heterocycles. The molecule has 1 unspecified atom stereocenters. The first kappa shape index (κ1) is 25.3. The normalized spacial score (nSPS) is 18.2. The molecule has 1 N–H and O–H groups in total. The van der Waals surface area contributed by atoms with Crippen LogP contribution >= 0.6 is 0 Å². The Balaban J connectivity index is 1.99. The summed E-state index contributed by atoms with van der Waals surface area (Å²) in [6.45, 7) is 14.7. The second-order valence-corrected chi connectivity index (χ2v) is 9.58. The fraction of sp³-hybridized carbons (Fsp3) is 0.520. The molecule has 1 atom stereocenters. The van der Waals surface area contributed by atoms with Crippen molar-refractivity contribution in [2.45, 2.75) is 52.7 Å². The fourth-order valence-electron chi connectivity index (χ4n) is 3.59. The minimum Gasteiger partial charge on any atom is -0.493 e. The van der Waals surface area contributed by atoms with E-state index in [0.717, 1.165) is 5.56 Å². The zero-order valence-electron chi connectivity index (χ0n) is 20.1. The molecule has 0 bridgehead atoms. The van der Waals surface area contributed by atoms with Crippen molar-refractivity contribution in [3.8, 4) is 11.5 Å². The van der Waals surface area contributed by atoms with Crippen LogP contribution in [0.2, 0.25) is 0 Å². The van der Waals surface area contributed by atoms with Crippen LogP contribution in [0.5, 0.6) is 11.5 Å². The Hall–Kier alpha value is -2.96. The van der Waals surface area contributed by atoms with Gasteiger partial charge in [-0.15, -0.1) is 0 Å². The summed E-state index contributed by atoms with van der Waals surface area (Å²) in [7, 11) is 1.58. The molecule has 1 aliphatic rings. The number of carbonyl (C=O) groups is 2. The quantitative estimate of drug-likeness (QED) is 0.497. The molecule has 1 aliphatic heterocycles. The van der Waals surface area contributed by atoms with Gasteiger partial charge in [0.15, 0.2) is 11.5 Å². The number of ether oxygens (including phenoxy) is 3. The first-order valence-corrected chi connectivity index (χ1v) is 10.8. The lowest BCUT2D eigenvalue weighted by atomic mass is 9.79. The minimum atomic E-state index is -0.547. The van der Waals surface area contributed by atoms with Crippen molar-refractivity contribution in [2.75, 3.05) is 26.8 Å². The number of alkyl carbamates (subject to hydrolysis) is 1. The fourth-order valence-corrected chi connectivity index (χ4v) is 3.59. The summed E-state index contributed by atoms with van der Waals surface area (Å²) in [5.74, 6) is 1.15. The molecule has 0 aliphatic carbocycles. The molecule has 7 heteroatoms. The number of amides is 2. The van der Waals surface area contributed by atoms with Gasteiger partial charge in [0, 0.05) is 30.6 Å². The molecule has 1 saturated heterocycles. The number of likely N-dealkylation sites (tertiary alicyclic amines) is 1. The smallest absolute Gasteiger partial charge is 0.407 e. The van der Waals surface area contributed by atoms with Crippen LogP contribution in [-0.4, -0.2) is 55.3 Å². The maximum atomic E-state index is 12.8. The molecule has 2 amide bonds. The Bertz CT molecular complexity index is 854. The largest absolute Gasteiger partial charge is 0.493 e. The van der Waals surface area contributed by atoms with Crippen molar-refractivity contribution in [3.63, 3.8) is 0 Å². The van der Waals surface area contributed by atoms with E-state index in [1.165, 1.54) is 0 Å². The summed E-state index contributed by atoms with van der Waals surface area (Å²) in [6, 6.07) is 5.43. The van der Waals surface area contributed by atoms with Crippen LogP contribution in [0.25, 0.3) is 6.08 Å². The van der Waals surface area contributed by atoms with E-state index in [-0.39, 0.29) is 17.4 Å². The zero-order valence-corrected chi connectivity index (χ0v) is 20.1. The lowest BCUT2D eigenvalue weighted by molar-refractivity contribution is -0.129. The molecular weight excluding hydrogens is 408 g/mol. The van der Waals surface area contributed by atoms with Crippen molar-refractivity contribution in [2.24, 2.45) is 5.41 Å². The third-order valence-electron chi connectivity index (χ3n) is 5.19. The summed E-state index contributed by atoms with van der Waals surface area (Å²) in [6.07, 6.45) is 5.23. The summed E-state index contributed by atoms with van der Waals surface area (Å²) < 4.78 is 16.3. The number of hydrogen-bond donors (Lipinski definition) is 1. The third kappa shape index (κ3) is 7.32.